The van der Waals surface area contributed by atoms with Crippen molar-refractivity contribution < 1.29 is 9.59 Å². The van der Waals surface area contributed by atoms with Crippen LogP contribution in [0.25, 0.3) is 0 Å². The van der Waals surface area contributed by atoms with Gasteiger partial charge >= 0.3 is 0 Å². The lowest BCUT2D eigenvalue weighted by Gasteiger charge is -2.31. The normalized spacial score (nSPS) is 15.3. The molecule has 0 atom stereocenters. The minimum absolute atomic E-state index is 0.0715. The molecule has 1 aromatic rings. The number of rotatable bonds is 7. The molecule has 0 bridgehead atoms. The number of piperidine rings is 1. The van der Waals surface area contributed by atoms with Crippen molar-refractivity contribution in [2.24, 2.45) is 5.92 Å². The van der Waals surface area contributed by atoms with Crippen molar-refractivity contribution in [2.75, 3.05) is 19.6 Å². The van der Waals surface area contributed by atoms with Crippen molar-refractivity contribution in [1.29, 1.82) is 0 Å². The van der Waals surface area contributed by atoms with Gasteiger partial charge in [0, 0.05) is 32.0 Å². The monoisotopic (exact) mass is 330 g/mol. The summed E-state index contributed by atoms with van der Waals surface area (Å²) < 4.78 is 0. The average Bonchev–Trinajstić information content (AvgIpc) is 2.64. The maximum absolute atomic E-state index is 12.4. The van der Waals surface area contributed by atoms with Crippen LogP contribution in [0.1, 0.15) is 50.7 Å². The summed E-state index contributed by atoms with van der Waals surface area (Å²) in [4.78, 5) is 26.3. The van der Waals surface area contributed by atoms with Gasteiger partial charge in [-0.3, -0.25) is 9.59 Å². The van der Waals surface area contributed by atoms with Gasteiger partial charge in [-0.05, 0) is 43.2 Å². The van der Waals surface area contributed by atoms with E-state index in [0.29, 0.717) is 19.5 Å². The topological polar surface area (TPSA) is 49.4 Å². The van der Waals surface area contributed by atoms with Crippen LogP contribution in [-0.2, 0) is 22.4 Å². The molecule has 4 heteroatoms. The highest BCUT2D eigenvalue weighted by Gasteiger charge is 2.26. The minimum atomic E-state index is 0.0715. The van der Waals surface area contributed by atoms with Crippen LogP contribution >= 0.6 is 0 Å². The molecule has 0 aromatic heterocycles. The molecule has 2 rings (SSSR count). The SMILES string of the molecule is CCCNC(=O)C1CCN(C(=O)CCc2ccc(CC)cc2)CC1. The first-order valence-electron chi connectivity index (χ1n) is 9.27. The fourth-order valence-electron chi connectivity index (χ4n) is 3.13. The van der Waals surface area contributed by atoms with Crippen molar-refractivity contribution in [1.82, 2.24) is 10.2 Å². The van der Waals surface area contributed by atoms with Crippen molar-refractivity contribution in [3.05, 3.63) is 35.4 Å². The first-order chi connectivity index (χ1) is 11.6. The molecule has 4 nitrogen and oxygen atoms in total. The first-order valence-corrected chi connectivity index (χ1v) is 9.27. The highest BCUT2D eigenvalue weighted by molar-refractivity contribution is 5.80. The third kappa shape index (κ3) is 5.36. The van der Waals surface area contributed by atoms with Crippen molar-refractivity contribution in [3.8, 4) is 0 Å². The molecular weight excluding hydrogens is 300 g/mol. The second kappa shape index (κ2) is 9.45. The van der Waals surface area contributed by atoms with Gasteiger partial charge < -0.3 is 10.2 Å². The second-order valence-electron chi connectivity index (χ2n) is 6.62. The quantitative estimate of drug-likeness (QED) is 0.835. The zero-order valence-corrected chi connectivity index (χ0v) is 15.0. The number of amides is 2. The predicted molar refractivity (Wildman–Crippen MR) is 96.7 cm³/mol. The highest BCUT2D eigenvalue weighted by Crippen LogP contribution is 2.18. The molecular formula is C20H30N2O2. The van der Waals surface area contributed by atoms with Crippen LogP contribution in [0.3, 0.4) is 0 Å². The zero-order chi connectivity index (χ0) is 17.4. The summed E-state index contributed by atoms with van der Waals surface area (Å²) in [5, 5.41) is 2.96. The van der Waals surface area contributed by atoms with Gasteiger partial charge in [0.2, 0.25) is 11.8 Å². The van der Waals surface area contributed by atoms with E-state index < -0.39 is 0 Å². The molecule has 1 heterocycles. The molecule has 1 aliphatic heterocycles. The molecule has 0 spiro atoms. The van der Waals surface area contributed by atoms with Crippen LogP contribution in [0.2, 0.25) is 0 Å². The van der Waals surface area contributed by atoms with E-state index in [0.717, 1.165) is 38.6 Å². The summed E-state index contributed by atoms with van der Waals surface area (Å²) in [5.41, 5.74) is 2.54. The molecule has 1 saturated heterocycles. The Kier molecular flexibility index (Phi) is 7.29. The molecule has 0 radical (unpaired) electrons. The van der Waals surface area contributed by atoms with Crippen LogP contribution in [0.15, 0.2) is 24.3 Å². The predicted octanol–water partition coefficient (Wildman–Crippen LogP) is 2.95. The van der Waals surface area contributed by atoms with Crippen molar-refractivity contribution >= 4 is 11.8 Å². The molecule has 2 amide bonds. The molecule has 1 aromatic carbocycles. The maximum Gasteiger partial charge on any atom is 0.223 e. The molecule has 24 heavy (non-hydrogen) atoms. The van der Waals surface area contributed by atoms with Gasteiger partial charge in [0.25, 0.3) is 0 Å². The summed E-state index contributed by atoms with van der Waals surface area (Å²) >= 11 is 0. The molecule has 1 N–H and O–H groups in total. The molecule has 0 aliphatic carbocycles. The standard InChI is InChI=1S/C20H30N2O2/c1-3-13-21-20(24)18-11-14-22(15-12-18)19(23)10-9-17-7-5-16(4-2)6-8-17/h5-8,18H,3-4,9-15H2,1-2H3,(H,21,24). The third-order valence-electron chi connectivity index (χ3n) is 4.83. The summed E-state index contributed by atoms with van der Waals surface area (Å²) in [7, 11) is 0. The molecule has 1 aliphatic rings. The molecule has 1 fully saturated rings. The summed E-state index contributed by atoms with van der Waals surface area (Å²) in [6.45, 7) is 6.35. The largest absolute Gasteiger partial charge is 0.356 e. The molecule has 132 valence electrons. The van der Waals surface area contributed by atoms with E-state index in [1.807, 2.05) is 4.90 Å². The summed E-state index contributed by atoms with van der Waals surface area (Å²) in [5.74, 6) is 0.434. The lowest BCUT2D eigenvalue weighted by Crippen LogP contribution is -2.43. The van der Waals surface area contributed by atoms with E-state index in [1.165, 1.54) is 11.1 Å². The van der Waals surface area contributed by atoms with Crippen LogP contribution < -0.4 is 5.32 Å². The smallest absolute Gasteiger partial charge is 0.223 e. The maximum atomic E-state index is 12.4. The lowest BCUT2D eigenvalue weighted by molar-refractivity contribution is -0.135. The number of likely N-dealkylation sites (tertiary alicyclic amines) is 1. The van der Waals surface area contributed by atoms with Crippen LogP contribution in [0.4, 0.5) is 0 Å². The Bertz CT molecular complexity index is 531. The summed E-state index contributed by atoms with van der Waals surface area (Å²) in [6, 6.07) is 8.52. The number of nitrogens with zero attached hydrogens (tertiary/aromatic N) is 1. The van der Waals surface area contributed by atoms with E-state index in [1.54, 1.807) is 0 Å². The summed E-state index contributed by atoms with van der Waals surface area (Å²) in [6.07, 6.45) is 4.92. The first kappa shape index (κ1) is 18.5. The van der Waals surface area contributed by atoms with Gasteiger partial charge in [0.15, 0.2) is 0 Å². The number of benzene rings is 1. The Labute approximate surface area is 145 Å². The van der Waals surface area contributed by atoms with Gasteiger partial charge in [-0.1, -0.05) is 38.1 Å². The number of carbonyl (C=O) groups is 2. The number of hydrogen-bond acceptors (Lipinski definition) is 2. The Balaban J connectivity index is 1.73. The van der Waals surface area contributed by atoms with Crippen LogP contribution in [-0.4, -0.2) is 36.3 Å². The number of hydrogen-bond donors (Lipinski definition) is 1. The van der Waals surface area contributed by atoms with E-state index in [4.69, 9.17) is 0 Å². The minimum Gasteiger partial charge on any atom is -0.356 e. The third-order valence-corrected chi connectivity index (χ3v) is 4.83. The fourth-order valence-corrected chi connectivity index (χ4v) is 3.13. The Morgan fingerprint density at radius 3 is 2.29 bits per heavy atom. The van der Waals surface area contributed by atoms with E-state index in [9.17, 15) is 9.59 Å². The number of nitrogens with one attached hydrogen (secondary N) is 1. The lowest BCUT2D eigenvalue weighted by atomic mass is 9.95. The van der Waals surface area contributed by atoms with Gasteiger partial charge in [-0.2, -0.15) is 0 Å². The fraction of sp³-hybridized carbons (Fsp3) is 0.600. The Hall–Kier alpha value is -1.84. The van der Waals surface area contributed by atoms with Gasteiger partial charge in [-0.15, -0.1) is 0 Å². The number of carbonyl (C=O) groups excluding carboxylic acids is 2. The van der Waals surface area contributed by atoms with E-state index >= 15 is 0 Å². The molecule has 0 saturated carbocycles. The van der Waals surface area contributed by atoms with Gasteiger partial charge in [0.1, 0.15) is 0 Å². The van der Waals surface area contributed by atoms with E-state index in [2.05, 4.69) is 43.4 Å². The molecule has 0 unspecified atom stereocenters. The number of aryl methyl sites for hydroxylation is 2. The Morgan fingerprint density at radius 1 is 1.08 bits per heavy atom. The average molecular weight is 330 g/mol. The Morgan fingerprint density at radius 2 is 1.71 bits per heavy atom. The van der Waals surface area contributed by atoms with E-state index in [-0.39, 0.29) is 17.7 Å². The van der Waals surface area contributed by atoms with Crippen LogP contribution in [0.5, 0.6) is 0 Å². The van der Waals surface area contributed by atoms with Gasteiger partial charge in [-0.25, -0.2) is 0 Å². The van der Waals surface area contributed by atoms with Crippen LogP contribution in [0, 0.1) is 5.92 Å². The highest BCUT2D eigenvalue weighted by atomic mass is 16.2. The van der Waals surface area contributed by atoms with Crippen molar-refractivity contribution in [2.45, 2.75) is 52.4 Å². The van der Waals surface area contributed by atoms with Crippen molar-refractivity contribution in [3.63, 3.8) is 0 Å². The zero-order valence-electron chi connectivity index (χ0n) is 15.0. The second-order valence-corrected chi connectivity index (χ2v) is 6.62. The van der Waals surface area contributed by atoms with Gasteiger partial charge in [0.05, 0.1) is 0 Å².